The van der Waals surface area contributed by atoms with E-state index < -0.39 is 18.8 Å². The molecule has 1 amide bonds. The predicted molar refractivity (Wildman–Crippen MR) is 273 cm³/mol. The van der Waals surface area contributed by atoms with Gasteiger partial charge in [-0.1, -0.05) is 46.9 Å². The van der Waals surface area contributed by atoms with Crippen molar-refractivity contribution in [3.63, 3.8) is 0 Å². The van der Waals surface area contributed by atoms with E-state index in [4.69, 9.17) is 69.8 Å². The van der Waals surface area contributed by atoms with E-state index >= 15 is 0 Å². The number of nitrogens with two attached hydrogens (primary N) is 2. The molecule has 15 nitrogen and oxygen atoms in total. The summed E-state index contributed by atoms with van der Waals surface area (Å²) in [5.41, 5.74) is 17.2. The lowest BCUT2D eigenvalue weighted by Crippen LogP contribution is -2.41. The smallest absolute Gasteiger partial charge is 0.493 e. The first-order chi connectivity index (χ1) is 33.4. The third-order valence-corrected chi connectivity index (χ3v) is 13.5. The van der Waals surface area contributed by atoms with E-state index in [0.29, 0.717) is 51.2 Å². The van der Waals surface area contributed by atoms with Crippen LogP contribution in [0.25, 0.3) is 22.5 Å². The van der Waals surface area contributed by atoms with Crippen molar-refractivity contribution in [2.45, 2.75) is 58.2 Å². The Morgan fingerprint density at radius 1 is 0.643 bits per heavy atom. The maximum atomic E-state index is 13.7. The lowest BCUT2D eigenvalue weighted by atomic mass is 9.85. The van der Waals surface area contributed by atoms with E-state index in [1.54, 1.807) is 24.5 Å². The van der Waals surface area contributed by atoms with E-state index in [2.05, 4.69) is 51.2 Å². The average molecular weight is 1070 g/mol. The van der Waals surface area contributed by atoms with Gasteiger partial charge in [-0.3, -0.25) is 19.7 Å². The Labute approximate surface area is 427 Å². The van der Waals surface area contributed by atoms with Crippen molar-refractivity contribution in [1.29, 1.82) is 0 Å². The lowest BCUT2D eigenvalue weighted by Gasteiger charge is -2.32. The van der Waals surface area contributed by atoms with Gasteiger partial charge in [0.1, 0.15) is 34.7 Å². The van der Waals surface area contributed by atoms with Crippen molar-refractivity contribution >= 4 is 86.8 Å². The Kier molecular flexibility index (Phi) is 15.4. The fraction of sp³-hybridized carbons (Fsp3) is 0.245. The number of hydrogen-bond acceptors (Lipinski definition) is 14. The SMILES string of the molecule is CC1(C)OB(c2cnc(N)cn2)OC1(C)C.Clc1cc2c(cc1Br)CCO2.Nc1cnc(-c2cc3c(cc2Cl)OCC3)cn1.O=C(Nc1cnc(-c2cc3c(cc2Cl)OCC3)cn1)c1ccccc1F. The van der Waals surface area contributed by atoms with Gasteiger partial charge in [0.15, 0.2) is 5.82 Å². The van der Waals surface area contributed by atoms with E-state index in [-0.39, 0.29) is 22.6 Å². The number of anilines is 3. The molecule has 21 heteroatoms. The molecule has 4 aliphatic heterocycles. The van der Waals surface area contributed by atoms with Crippen LogP contribution in [-0.4, -0.2) is 74.0 Å². The number of carbonyl (C=O) groups excluding carboxylic acids is 1. The molecule has 0 atom stereocenters. The number of hydrogen-bond donors (Lipinski definition) is 3. The molecule has 0 unspecified atom stereocenters. The van der Waals surface area contributed by atoms with Gasteiger partial charge in [0.25, 0.3) is 5.91 Å². The molecule has 70 heavy (non-hydrogen) atoms. The third kappa shape index (κ3) is 11.7. The van der Waals surface area contributed by atoms with E-state index in [9.17, 15) is 9.18 Å². The zero-order valence-electron chi connectivity index (χ0n) is 38.2. The Morgan fingerprint density at radius 2 is 1.13 bits per heavy atom. The van der Waals surface area contributed by atoms with Crippen molar-refractivity contribution in [2.75, 3.05) is 36.6 Å². The van der Waals surface area contributed by atoms with Crippen molar-refractivity contribution in [3.8, 4) is 39.8 Å². The van der Waals surface area contributed by atoms with E-state index in [1.165, 1.54) is 48.5 Å². The lowest BCUT2D eigenvalue weighted by molar-refractivity contribution is 0.00578. The second-order valence-electron chi connectivity index (χ2n) is 17.1. The fourth-order valence-corrected chi connectivity index (χ4v) is 8.28. The second kappa shape index (κ2) is 21.5. The van der Waals surface area contributed by atoms with Crippen LogP contribution >= 0.6 is 50.7 Å². The molecule has 0 bridgehead atoms. The summed E-state index contributed by atoms with van der Waals surface area (Å²) in [7, 11) is -0.474. The number of carbonyl (C=O) groups is 1. The van der Waals surface area contributed by atoms with Gasteiger partial charge < -0.3 is 40.3 Å². The minimum atomic E-state index is -0.596. The van der Waals surface area contributed by atoms with E-state index in [1.807, 2.05) is 58.0 Å². The Bertz CT molecular complexity index is 2990. The van der Waals surface area contributed by atoms with Crippen LogP contribution in [0.1, 0.15) is 54.7 Å². The highest BCUT2D eigenvalue weighted by atomic mass is 79.9. The van der Waals surface area contributed by atoms with Crippen molar-refractivity contribution in [1.82, 2.24) is 29.9 Å². The summed E-state index contributed by atoms with van der Waals surface area (Å²) < 4.78 is 42.5. The summed E-state index contributed by atoms with van der Waals surface area (Å²) in [5, 5.41) is 4.37. The number of benzene rings is 4. The highest BCUT2D eigenvalue weighted by molar-refractivity contribution is 9.10. The van der Waals surface area contributed by atoms with Crippen LogP contribution in [0.3, 0.4) is 0 Å². The van der Waals surface area contributed by atoms with Gasteiger partial charge in [0.2, 0.25) is 0 Å². The summed E-state index contributed by atoms with van der Waals surface area (Å²) >= 11 is 21.7. The molecule has 0 aliphatic carbocycles. The molecule has 5 N–H and O–H groups in total. The molecule has 0 saturated carbocycles. The molecule has 0 radical (unpaired) electrons. The number of fused-ring (bicyclic) bond motifs is 3. The molecule has 3 aromatic heterocycles. The third-order valence-electron chi connectivity index (χ3n) is 11.7. The summed E-state index contributed by atoms with van der Waals surface area (Å²) in [6.45, 7) is 10.1. The molecule has 4 aliphatic rings. The number of nitrogen functional groups attached to an aromatic ring is 2. The number of aromatic nitrogens is 6. The second-order valence-corrected chi connectivity index (χ2v) is 19.1. The minimum Gasteiger partial charge on any atom is -0.493 e. The first kappa shape index (κ1) is 50.2. The molecular weight excluding hydrogens is 1030 g/mol. The highest BCUT2D eigenvalue weighted by Gasteiger charge is 2.52. The zero-order valence-corrected chi connectivity index (χ0v) is 42.1. The Morgan fingerprint density at radius 3 is 1.61 bits per heavy atom. The van der Waals surface area contributed by atoms with Crippen LogP contribution in [0.4, 0.5) is 21.8 Å². The molecule has 1 saturated heterocycles. The van der Waals surface area contributed by atoms with Crippen molar-refractivity contribution in [3.05, 3.63) is 145 Å². The maximum Gasteiger partial charge on any atom is 0.516 e. The van der Waals surface area contributed by atoms with Crippen LogP contribution in [0.5, 0.6) is 17.2 Å². The number of nitrogens with zero attached hydrogens (tertiary/aromatic N) is 6. The summed E-state index contributed by atoms with van der Waals surface area (Å²) in [6.07, 6.45) is 11.9. The fourth-order valence-electron chi connectivity index (χ4n) is 7.24. The number of nitrogens with one attached hydrogen (secondary N) is 1. The molecule has 0 spiro atoms. The molecule has 7 aromatic rings. The Hall–Kier alpha value is -6.15. The minimum absolute atomic E-state index is 0.0555. The standard InChI is InChI=1S/C19H13ClFN3O2.C12H10ClN3O.C10H16BN3O2.C8H6BrClO/c20-14-8-17-11(5-6-26-17)7-13(14)16-9-23-18(10-22-16)24-19(25)12-3-1-2-4-15(12)21;13-9-4-11-7(1-2-17-11)3-8(9)10-5-16-12(14)6-15-10;1-9(2)10(3,4)16-11(15-9)7-5-14-8(12)6-13-7;9-6-3-5-1-2-11-8(5)4-7(6)10/h1-4,7-10H,5-6H2,(H,23,24,25);3-6H,1-2H2,(H2,14,16);5-6H,1-4H3,(H2,12,14);3-4H,1-2H2. The van der Waals surface area contributed by atoms with Crippen LogP contribution in [0, 0.1) is 5.82 Å². The normalized spacial score (nSPS) is 15.2. The van der Waals surface area contributed by atoms with Gasteiger partial charge >= 0.3 is 7.12 Å². The van der Waals surface area contributed by atoms with E-state index in [0.717, 1.165) is 75.5 Å². The molecule has 360 valence electrons. The van der Waals surface area contributed by atoms with Crippen LogP contribution in [0.15, 0.2) is 102 Å². The van der Waals surface area contributed by atoms with Crippen LogP contribution < -0.4 is 36.6 Å². The van der Waals surface area contributed by atoms with Crippen LogP contribution in [-0.2, 0) is 28.6 Å². The maximum absolute atomic E-state index is 13.7. The first-order valence-corrected chi connectivity index (χ1v) is 23.8. The number of rotatable bonds is 5. The summed E-state index contributed by atoms with van der Waals surface area (Å²) in [4.78, 5) is 37.0. The van der Waals surface area contributed by atoms with Gasteiger partial charge in [0.05, 0.1) is 99.6 Å². The Balaban J connectivity index is 0.000000131. The molecule has 11 rings (SSSR count). The highest BCUT2D eigenvalue weighted by Crippen LogP contribution is 2.39. The van der Waals surface area contributed by atoms with Gasteiger partial charge in [-0.15, -0.1) is 0 Å². The van der Waals surface area contributed by atoms with Crippen molar-refractivity contribution in [2.24, 2.45) is 0 Å². The molecule has 7 heterocycles. The monoisotopic (exact) mass is 1070 g/mol. The molecule has 1 fully saturated rings. The summed E-state index contributed by atoms with van der Waals surface area (Å²) in [5.74, 6) is 2.41. The van der Waals surface area contributed by atoms with Gasteiger partial charge in [-0.05, 0) is 103 Å². The zero-order chi connectivity index (χ0) is 49.7. The topological polar surface area (TPSA) is 205 Å². The quantitative estimate of drug-likeness (QED) is 0.137. The van der Waals surface area contributed by atoms with Gasteiger partial charge in [0, 0.05) is 47.1 Å². The molecular formula is C49H45BBrCl3FN9O6. The van der Waals surface area contributed by atoms with Gasteiger partial charge in [-0.25, -0.2) is 19.3 Å². The van der Waals surface area contributed by atoms with Gasteiger partial charge in [-0.2, -0.15) is 0 Å². The number of halogens is 5. The molecule has 4 aromatic carbocycles. The van der Waals surface area contributed by atoms with Crippen LogP contribution in [0.2, 0.25) is 15.1 Å². The number of ether oxygens (including phenoxy) is 3. The van der Waals surface area contributed by atoms with Crippen molar-refractivity contribution < 1.29 is 32.7 Å². The number of amides is 1. The predicted octanol–water partition coefficient (Wildman–Crippen LogP) is 9.83. The first-order valence-electron chi connectivity index (χ1n) is 21.8. The summed E-state index contributed by atoms with van der Waals surface area (Å²) in [6, 6.07) is 17.2. The largest absolute Gasteiger partial charge is 0.516 e. The average Bonchev–Trinajstić information content (AvgIpc) is 4.14.